The van der Waals surface area contributed by atoms with Gasteiger partial charge in [-0.3, -0.25) is 9.59 Å². The Morgan fingerprint density at radius 3 is 2.74 bits per heavy atom. The maximum atomic E-state index is 12.5. The molecule has 2 N–H and O–H groups in total. The molecule has 0 aromatic rings. The quantitative estimate of drug-likeness (QED) is 0.816. The average molecular weight is 346 g/mol. The van der Waals surface area contributed by atoms with E-state index in [4.69, 9.17) is 0 Å². The number of rotatable bonds is 4. The molecule has 2 heterocycles. The summed E-state index contributed by atoms with van der Waals surface area (Å²) in [4.78, 5) is 26.8. The summed E-state index contributed by atoms with van der Waals surface area (Å²) in [5.41, 5.74) is 0. The van der Waals surface area contributed by atoms with Crippen LogP contribution in [0.25, 0.3) is 0 Å². The Bertz CT molecular complexity index is 405. The highest BCUT2D eigenvalue weighted by Crippen LogP contribution is 2.20. The third-order valence-electron chi connectivity index (χ3n) is 5.25. The lowest BCUT2D eigenvalue weighted by atomic mass is 9.92. The maximum Gasteiger partial charge on any atom is 0.225 e. The summed E-state index contributed by atoms with van der Waals surface area (Å²) in [7, 11) is 0. The van der Waals surface area contributed by atoms with Crippen LogP contribution in [-0.4, -0.2) is 48.9 Å². The van der Waals surface area contributed by atoms with Crippen molar-refractivity contribution in [3.8, 4) is 0 Å². The van der Waals surface area contributed by atoms with Gasteiger partial charge in [0.1, 0.15) is 0 Å². The van der Waals surface area contributed by atoms with Crippen molar-refractivity contribution in [3.05, 3.63) is 0 Å². The largest absolute Gasteiger partial charge is 0.353 e. The van der Waals surface area contributed by atoms with Gasteiger partial charge in [0.05, 0.1) is 5.92 Å². The van der Waals surface area contributed by atoms with Gasteiger partial charge < -0.3 is 15.5 Å². The fourth-order valence-corrected chi connectivity index (χ4v) is 3.41. The van der Waals surface area contributed by atoms with Crippen molar-refractivity contribution < 1.29 is 9.59 Å². The molecule has 2 saturated heterocycles. The van der Waals surface area contributed by atoms with Crippen LogP contribution in [0.15, 0.2) is 0 Å². The SMILES string of the molecule is CCC(C)C(=O)N1CCCC(C(=O)NC2CCNCC2C)C1.Cl. The molecule has 134 valence electrons. The number of halogens is 1. The number of amides is 2. The third-order valence-corrected chi connectivity index (χ3v) is 5.25. The van der Waals surface area contributed by atoms with Gasteiger partial charge in [-0.15, -0.1) is 12.4 Å². The van der Waals surface area contributed by atoms with E-state index in [2.05, 4.69) is 17.6 Å². The average Bonchev–Trinajstić information content (AvgIpc) is 2.55. The third kappa shape index (κ3) is 5.35. The second-order valence-electron chi connectivity index (χ2n) is 7.02. The number of hydrogen-bond acceptors (Lipinski definition) is 3. The monoisotopic (exact) mass is 345 g/mol. The summed E-state index contributed by atoms with van der Waals surface area (Å²) < 4.78 is 0. The minimum atomic E-state index is -0.0381. The predicted molar refractivity (Wildman–Crippen MR) is 94.6 cm³/mol. The number of hydrogen-bond donors (Lipinski definition) is 2. The predicted octanol–water partition coefficient (Wildman–Crippen LogP) is 1.81. The van der Waals surface area contributed by atoms with Crippen molar-refractivity contribution in [1.82, 2.24) is 15.5 Å². The minimum Gasteiger partial charge on any atom is -0.353 e. The Kier molecular flexibility index (Phi) is 8.34. The molecule has 2 aliphatic heterocycles. The first-order valence-electron chi connectivity index (χ1n) is 8.82. The second-order valence-corrected chi connectivity index (χ2v) is 7.02. The molecule has 0 spiro atoms. The van der Waals surface area contributed by atoms with E-state index in [-0.39, 0.29) is 42.1 Å². The number of likely N-dealkylation sites (tertiary alicyclic amines) is 1. The van der Waals surface area contributed by atoms with Gasteiger partial charge in [-0.1, -0.05) is 20.8 Å². The lowest BCUT2D eigenvalue weighted by molar-refractivity contribution is -0.139. The van der Waals surface area contributed by atoms with Crippen LogP contribution in [0.5, 0.6) is 0 Å². The zero-order valence-electron chi connectivity index (χ0n) is 14.6. The smallest absolute Gasteiger partial charge is 0.225 e. The molecule has 23 heavy (non-hydrogen) atoms. The van der Waals surface area contributed by atoms with Crippen LogP contribution in [0, 0.1) is 17.8 Å². The normalized spacial score (nSPS) is 29.3. The zero-order chi connectivity index (χ0) is 16.1. The number of nitrogens with zero attached hydrogens (tertiary/aromatic N) is 1. The van der Waals surface area contributed by atoms with Gasteiger partial charge in [-0.05, 0) is 44.7 Å². The number of carbonyl (C=O) groups excluding carboxylic acids is 2. The van der Waals surface area contributed by atoms with E-state index in [0.29, 0.717) is 12.5 Å². The summed E-state index contributed by atoms with van der Waals surface area (Å²) in [5.74, 6) is 0.838. The standard InChI is InChI=1S/C17H31N3O2.ClH/c1-4-12(2)17(22)20-9-5-6-14(11-20)16(21)19-15-7-8-18-10-13(15)3;/h12-15,18H,4-11H2,1-3H3,(H,19,21);1H. The van der Waals surface area contributed by atoms with Crippen LogP contribution in [0.2, 0.25) is 0 Å². The molecule has 0 aliphatic carbocycles. The first kappa shape index (κ1) is 20.2. The van der Waals surface area contributed by atoms with E-state index >= 15 is 0 Å². The number of nitrogens with one attached hydrogen (secondary N) is 2. The molecular formula is C17H32ClN3O2. The van der Waals surface area contributed by atoms with Crippen LogP contribution in [0.3, 0.4) is 0 Å². The van der Waals surface area contributed by atoms with E-state index in [9.17, 15) is 9.59 Å². The van der Waals surface area contributed by atoms with E-state index < -0.39 is 0 Å². The second kappa shape index (κ2) is 9.48. The first-order valence-corrected chi connectivity index (χ1v) is 8.82. The van der Waals surface area contributed by atoms with Crippen molar-refractivity contribution in [3.63, 3.8) is 0 Å². The Hall–Kier alpha value is -0.810. The van der Waals surface area contributed by atoms with Gasteiger partial charge in [0.25, 0.3) is 0 Å². The van der Waals surface area contributed by atoms with Gasteiger partial charge in [0, 0.05) is 25.0 Å². The topological polar surface area (TPSA) is 61.4 Å². The first-order chi connectivity index (χ1) is 10.5. The number of carbonyl (C=O) groups is 2. The van der Waals surface area contributed by atoms with Crippen molar-refractivity contribution in [1.29, 1.82) is 0 Å². The molecule has 4 atom stereocenters. The van der Waals surface area contributed by atoms with Crippen LogP contribution in [0.1, 0.15) is 46.5 Å². The Morgan fingerprint density at radius 2 is 2.09 bits per heavy atom. The van der Waals surface area contributed by atoms with E-state index in [1.54, 1.807) is 0 Å². The molecule has 2 aliphatic rings. The summed E-state index contributed by atoms with van der Waals surface area (Å²) in [6, 6.07) is 0.273. The molecule has 0 aromatic heterocycles. The van der Waals surface area contributed by atoms with Crippen LogP contribution in [-0.2, 0) is 9.59 Å². The molecular weight excluding hydrogens is 314 g/mol. The van der Waals surface area contributed by atoms with Crippen LogP contribution < -0.4 is 10.6 Å². The lowest BCUT2D eigenvalue weighted by Crippen LogP contribution is -2.52. The van der Waals surface area contributed by atoms with Crippen LogP contribution >= 0.6 is 12.4 Å². The Balaban J connectivity index is 0.00000264. The summed E-state index contributed by atoms with van der Waals surface area (Å²) in [5, 5.41) is 6.58. The van der Waals surface area contributed by atoms with E-state index in [0.717, 1.165) is 45.3 Å². The van der Waals surface area contributed by atoms with Crippen molar-refractivity contribution in [2.75, 3.05) is 26.2 Å². The molecule has 2 rings (SSSR count). The highest BCUT2D eigenvalue weighted by molar-refractivity contribution is 5.85. The molecule has 4 unspecified atom stereocenters. The number of piperidine rings is 2. The van der Waals surface area contributed by atoms with Gasteiger partial charge >= 0.3 is 0 Å². The molecule has 6 heteroatoms. The molecule has 5 nitrogen and oxygen atoms in total. The Labute approximate surface area is 146 Å². The summed E-state index contributed by atoms with van der Waals surface area (Å²) >= 11 is 0. The molecule has 2 fully saturated rings. The van der Waals surface area contributed by atoms with E-state index in [1.165, 1.54) is 0 Å². The fourth-order valence-electron chi connectivity index (χ4n) is 3.41. The van der Waals surface area contributed by atoms with Gasteiger partial charge in [0.15, 0.2) is 0 Å². The van der Waals surface area contributed by atoms with Crippen molar-refractivity contribution >= 4 is 24.2 Å². The van der Waals surface area contributed by atoms with E-state index in [1.807, 2.05) is 18.7 Å². The van der Waals surface area contributed by atoms with Gasteiger partial charge in [-0.2, -0.15) is 0 Å². The van der Waals surface area contributed by atoms with Crippen molar-refractivity contribution in [2.45, 2.75) is 52.5 Å². The zero-order valence-corrected chi connectivity index (χ0v) is 15.5. The molecule has 0 aromatic carbocycles. The Morgan fingerprint density at radius 1 is 1.35 bits per heavy atom. The fraction of sp³-hybridized carbons (Fsp3) is 0.882. The van der Waals surface area contributed by atoms with Crippen LogP contribution in [0.4, 0.5) is 0 Å². The maximum absolute atomic E-state index is 12.5. The minimum absolute atomic E-state index is 0. The highest BCUT2D eigenvalue weighted by atomic mass is 35.5. The molecule has 0 bridgehead atoms. The summed E-state index contributed by atoms with van der Waals surface area (Å²) in [6.45, 7) is 9.52. The van der Waals surface area contributed by atoms with Crippen molar-refractivity contribution in [2.24, 2.45) is 17.8 Å². The summed E-state index contributed by atoms with van der Waals surface area (Å²) in [6.07, 6.45) is 3.69. The molecule has 0 saturated carbocycles. The lowest BCUT2D eigenvalue weighted by Gasteiger charge is -2.36. The van der Waals surface area contributed by atoms with Gasteiger partial charge in [-0.25, -0.2) is 0 Å². The highest BCUT2D eigenvalue weighted by Gasteiger charge is 2.32. The van der Waals surface area contributed by atoms with Gasteiger partial charge in [0.2, 0.25) is 11.8 Å². The molecule has 0 radical (unpaired) electrons. The molecule has 2 amide bonds.